The monoisotopic (exact) mass is 436 g/mol. The second kappa shape index (κ2) is 7.31. The van der Waals surface area contributed by atoms with Crippen LogP contribution in [0.15, 0.2) is 48.1 Å². The van der Waals surface area contributed by atoms with Gasteiger partial charge in [-0.2, -0.15) is 0 Å². The van der Waals surface area contributed by atoms with Gasteiger partial charge in [0.1, 0.15) is 11.9 Å². The van der Waals surface area contributed by atoms with Gasteiger partial charge in [-0.25, -0.2) is 4.79 Å². The van der Waals surface area contributed by atoms with E-state index in [-0.39, 0.29) is 46.3 Å². The number of phenolic OH excluding ortho intramolecular Hbond substituents is 1. The number of rotatable bonds is 2. The Bertz CT molecular complexity index is 1010. The largest absolute Gasteiger partial charge is 0.508 e. The van der Waals surface area contributed by atoms with Crippen molar-refractivity contribution < 1.29 is 24.5 Å². The average molecular weight is 437 g/mol. The lowest BCUT2D eigenvalue weighted by molar-refractivity contribution is -0.133. The molecule has 1 aromatic carbocycles. The number of carbonyl (C=O) groups is 2. The fourth-order valence-electron chi connectivity index (χ4n) is 7.68. The number of phenols is 1. The first-order chi connectivity index (χ1) is 15.1. The highest BCUT2D eigenvalue weighted by atomic mass is 16.5. The van der Waals surface area contributed by atoms with Gasteiger partial charge in [-0.1, -0.05) is 32.4 Å². The van der Waals surface area contributed by atoms with Gasteiger partial charge in [0, 0.05) is 16.7 Å². The van der Waals surface area contributed by atoms with Crippen molar-refractivity contribution in [1.29, 1.82) is 0 Å². The van der Waals surface area contributed by atoms with Gasteiger partial charge in [-0.15, -0.1) is 0 Å². The van der Waals surface area contributed by atoms with Gasteiger partial charge < -0.3 is 14.9 Å². The van der Waals surface area contributed by atoms with E-state index in [0.717, 1.165) is 24.8 Å². The Labute approximate surface area is 189 Å². The van der Waals surface area contributed by atoms with Crippen LogP contribution in [0.5, 0.6) is 5.75 Å². The summed E-state index contributed by atoms with van der Waals surface area (Å²) in [6, 6.07) is 6.14. The summed E-state index contributed by atoms with van der Waals surface area (Å²) in [4.78, 5) is 24.9. The molecule has 3 saturated carbocycles. The summed E-state index contributed by atoms with van der Waals surface area (Å²) >= 11 is 0. The van der Waals surface area contributed by atoms with E-state index in [9.17, 15) is 19.8 Å². The number of hydrogen-bond donors (Lipinski definition) is 2. The van der Waals surface area contributed by atoms with Gasteiger partial charge in [0.2, 0.25) is 0 Å². The molecule has 4 aliphatic rings. The molecule has 0 aromatic heterocycles. The van der Waals surface area contributed by atoms with E-state index in [1.54, 1.807) is 24.3 Å². The molecular formula is C27H32O5. The van der Waals surface area contributed by atoms with Crippen LogP contribution in [0.1, 0.15) is 56.8 Å². The maximum Gasteiger partial charge on any atom is 0.338 e. The van der Waals surface area contributed by atoms with Crippen LogP contribution in [0.2, 0.25) is 0 Å². The zero-order valence-electron chi connectivity index (χ0n) is 19.0. The van der Waals surface area contributed by atoms with Crippen LogP contribution in [0.3, 0.4) is 0 Å². The van der Waals surface area contributed by atoms with Crippen LogP contribution >= 0.6 is 0 Å². The van der Waals surface area contributed by atoms with Crippen molar-refractivity contribution >= 4 is 11.8 Å². The third kappa shape index (κ3) is 3.08. The minimum absolute atomic E-state index is 0.0433. The van der Waals surface area contributed by atoms with E-state index >= 15 is 0 Å². The number of aliphatic hydroxyl groups excluding tert-OH is 1. The molecule has 0 heterocycles. The van der Waals surface area contributed by atoms with Crippen molar-refractivity contribution in [3.8, 4) is 5.75 Å². The van der Waals surface area contributed by atoms with E-state index in [4.69, 9.17) is 4.74 Å². The van der Waals surface area contributed by atoms with Gasteiger partial charge >= 0.3 is 5.97 Å². The lowest BCUT2D eigenvalue weighted by Crippen LogP contribution is -2.57. The predicted molar refractivity (Wildman–Crippen MR) is 120 cm³/mol. The molecule has 5 nitrogen and oxygen atoms in total. The highest BCUT2D eigenvalue weighted by Gasteiger charge is 2.64. The Hall–Kier alpha value is -2.40. The van der Waals surface area contributed by atoms with Gasteiger partial charge in [0.15, 0.2) is 5.78 Å². The summed E-state index contributed by atoms with van der Waals surface area (Å²) < 4.78 is 6.09. The van der Waals surface area contributed by atoms with Crippen LogP contribution in [-0.2, 0) is 9.53 Å². The molecule has 0 spiro atoms. The number of aliphatic hydroxyl groups is 1. The number of hydrogen-bond acceptors (Lipinski definition) is 5. The zero-order chi connectivity index (χ0) is 22.8. The highest BCUT2D eigenvalue weighted by molar-refractivity contribution is 6.01. The number of allylic oxidation sites excluding steroid dienone is 4. The quantitative estimate of drug-likeness (QED) is 0.670. The minimum atomic E-state index is -0.520. The molecule has 8 unspecified atom stereocenters. The van der Waals surface area contributed by atoms with Crippen molar-refractivity contribution in [3.05, 3.63) is 53.6 Å². The first-order valence-corrected chi connectivity index (χ1v) is 11.8. The molecular weight excluding hydrogens is 404 g/mol. The summed E-state index contributed by atoms with van der Waals surface area (Å²) in [5.74, 6) is 0.726. The summed E-state index contributed by atoms with van der Waals surface area (Å²) in [6.07, 6.45) is 8.05. The maximum absolute atomic E-state index is 12.9. The molecule has 170 valence electrons. The second-order valence-corrected chi connectivity index (χ2v) is 10.9. The number of ether oxygens (including phenoxy) is 1. The van der Waals surface area contributed by atoms with Crippen LogP contribution in [0, 0.1) is 34.5 Å². The van der Waals surface area contributed by atoms with Crippen molar-refractivity contribution in [2.75, 3.05) is 0 Å². The zero-order valence-corrected chi connectivity index (χ0v) is 19.0. The lowest BCUT2D eigenvalue weighted by Gasteiger charge is -2.58. The third-order valence-electron chi connectivity index (χ3n) is 9.06. The first kappa shape index (κ1) is 21.4. The SMILES string of the molecule is CC1CC2C3CCC4=CC(=O)C=CC4(C)C3C(O)CC2(C)C1OC(=O)c1ccc(O)cc1. The fraction of sp³-hybridized carbons (Fsp3) is 0.556. The van der Waals surface area contributed by atoms with Crippen molar-refractivity contribution in [1.82, 2.24) is 0 Å². The topological polar surface area (TPSA) is 83.8 Å². The van der Waals surface area contributed by atoms with Gasteiger partial charge in [0.25, 0.3) is 0 Å². The van der Waals surface area contributed by atoms with E-state index in [2.05, 4.69) is 20.8 Å². The second-order valence-electron chi connectivity index (χ2n) is 10.9. The summed E-state index contributed by atoms with van der Waals surface area (Å²) in [5.41, 5.74) is 0.989. The van der Waals surface area contributed by atoms with Gasteiger partial charge in [0.05, 0.1) is 11.7 Å². The number of esters is 1. The van der Waals surface area contributed by atoms with Crippen LogP contribution in [0.4, 0.5) is 0 Å². The van der Waals surface area contributed by atoms with E-state index in [1.165, 1.54) is 12.1 Å². The van der Waals surface area contributed by atoms with Crippen LogP contribution < -0.4 is 0 Å². The standard InChI is InChI=1S/C27H32O5/c1-15-12-21-20-9-6-17-13-19(29)10-11-26(17,2)23(20)22(30)14-27(21,3)24(15)32-25(31)16-4-7-18(28)8-5-16/h4-5,7-8,10-11,13,15,20-24,28,30H,6,9,12,14H2,1-3H3. The van der Waals surface area contributed by atoms with E-state index in [1.807, 2.05) is 6.08 Å². The number of aromatic hydroxyl groups is 1. The molecule has 0 radical (unpaired) electrons. The van der Waals surface area contributed by atoms with Crippen LogP contribution in [0.25, 0.3) is 0 Å². The number of fused-ring (bicyclic) bond motifs is 5. The van der Waals surface area contributed by atoms with Crippen molar-refractivity contribution in [2.45, 2.75) is 58.7 Å². The van der Waals surface area contributed by atoms with Gasteiger partial charge in [-0.05, 0) is 79.9 Å². The molecule has 2 N–H and O–H groups in total. The maximum atomic E-state index is 12.9. The highest BCUT2D eigenvalue weighted by Crippen LogP contribution is 2.65. The Morgan fingerprint density at radius 2 is 1.91 bits per heavy atom. The normalized spacial score (nSPS) is 42.5. The number of carbonyl (C=O) groups excluding carboxylic acids is 2. The Morgan fingerprint density at radius 1 is 1.19 bits per heavy atom. The smallest absolute Gasteiger partial charge is 0.338 e. The molecule has 0 saturated heterocycles. The number of benzene rings is 1. The van der Waals surface area contributed by atoms with Gasteiger partial charge in [-0.3, -0.25) is 4.79 Å². The Kier molecular flexibility index (Phi) is 4.90. The van der Waals surface area contributed by atoms with Crippen molar-refractivity contribution in [3.63, 3.8) is 0 Å². The molecule has 3 fully saturated rings. The molecule has 32 heavy (non-hydrogen) atoms. The first-order valence-electron chi connectivity index (χ1n) is 11.8. The molecule has 0 aliphatic heterocycles. The summed E-state index contributed by atoms with van der Waals surface area (Å²) in [5, 5.41) is 21.0. The molecule has 5 rings (SSSR count). The average Bonchev–Trinajstić information content (AvgIpc) is 2.98. The Balaban J connectivity index is 1.43. The third-order valence-corrected chi connectivity index (χ3v) is 9.06. The predicted octanol–water partition coefficient (Wildman–Crippen LogP) is 4.44. The Morgan fingerprint density at radius 3 is 2.62 bits per heavy atom. The molecule has 4 aliphatic carbocycles. The fourth-order valence-corrected chi connectivity index (χ4v) is 7.68. The minimum Gasteiger partial charge on any atom is -0.508 e. The molecule has 0 bridgehead atoms. The lowest BCUT2D eigenvalue weighted by atomic mass is 9.47. The van der Waals surface area contributed by atoms with E-state index in [0.29, 0.717) is 23.8 Å². The number of ketones is 1. The van der Waals surface area contributed by atoms with E-state index < -0.39 is 6.10 Å². The molecule has 5 heteroatoms. The molecule has 0 amide bonds. The molecule has 1 aromatic rings. The molecule has 8 atom stereocenters. The summed E-state index contributed by atoms with van der Waals surface area (Å²) in [7, 11) is 0. The van der Waals surface area contributed by atoms with Crippen LogP contribution in [-0.4, -0.2) is 34.2 Å². The van der Waals surface area contributed by atoms with Crippen molar-refractivity contribution in [2.24, 2.45) is 34.5 Å². The summed E-state index contributed by atoms with van der Waals surface area (Å²) in [6.45, 7) is 6.50.